The summed E-state index contributed by atoms with van der Waals surface area (Å²) in [4.78, 5) is 0. The van der Waals surface area contributed by atoms with Gasteiger partial charge in [-0.25, -0.2) is 0 Å². The van der Waals surface area contributed by atoms with Gasteiger partial charge in [0.1, 0.15) is 0 Å². The quantitative estimate of drug-likeness (QED) is 0.290. The van der Waals surface area contributed by atoms with E-state index in [0.717, 1.165) is 0 Å². The van der Waals surface area contributed by atoms with Crippen LogP contribution < -0.4 is 0 Å². The molecule has 0 radical (unpaired) electrons. The zero-order valence-electron chi connectivity index (χ0n) is 17.3. The standard InChI is InChI=1S/4C4H11Si.Hf/c4*1-5(2,3)4;/h4*1H2,2-4H3;. The Morgan fingerprint density at radius 1 is 0.381 bits per heavy atom. The van der Waals surface area contributed by atoms with E-state index in [1.807, 2.05) is 0 Å². The fourth-order valence-electron chi connectivity index (χ4n) is 4.87. The van der Waals surface area contributed by atoms with Crippen molar-refractivity contribution in [3.8, 4) is 0 Å². The van der Waals surface area contributed by atoms with Gasteiger partial charge in [-0.1, -0.05) is 0 Å². The maximum atomic E-state index is 2.65. The van der Waals surface area contributed by atoms with Gasteiger partial charge in [-0.3, -0.25) is 0 Å². The minimum atomic E-state index is -2.16. The van der Waals surface area contributed by atoms with E-state index in [1.165, 1.54) is 0 Å². The minimum absolute atomic E-state index is 0.927. The third-order valence-corrected chi connectivity index (χ3v) is 88.9. The molecule has 0 rings (SSSR count). The molecule has 5 heteroatoms. The van der Waals surface area contributed by atoms with E-state index in [9.17, 15) is 0 Å². The van der Waals surface area contributed by atoms with Gasteiger partial charge in [-0.05, 0) is 0 Å². The molecule has 128 valence electrons. The van der Waals surface area contributed by atoms with Crippen LogP contribution in [0.15, 0.2) is 0 Å². The van der Waals surface area contributed by atoms with Gasteiger partial charge in [-0.15, -0.1) is 0 Å². The van der Waals surface area contributed by atoms with Crippen LogP contribution in [0.3, 0.4) is 0 Å². The van der Waals surface area contributed by atoms with E-state index in [2.05, 4.69) is 78.6 Å². The van der Waals surface area contributed by atoms with Crippen molar-refractivity contribution in [2.45, 2.75) is 93.8 Å². The third-order valence-electron chi connectivity index (χ3n) is 3.62. The summed E-state index contributed by atoms with van der Waals surface area (Å²) in [5.74, 6) is 0. The molecule has 0 aliphatic rings. The van der Waals surface area contributed by atoms with E-state index in [4.69, 9.17) is 0 Å². The summed E-state index contributed by atoms with van der Waals surface area (Å²) in [7, 11) is -3.71. The van der Waals surface area contributed by atoms with Crippen LogP contribution in [0.1, 0.15) is 0 Å². The summed E-state index contributed by atoms with van der Waals surface area (Å²) in [6, 6.07) is 0. The fourth-order valence-corrected chi connectivity index (χ4v) is 138. The maximum absolute atomic E-state index is 2.65. The second-order valence-electron chi connectivity index (χ2n) is 12.4. The van der Waals surface area contributed by atoms with Crippen LogP contribution >= 0.6 is 0 Å². The Kier molecular flexibility index (Phi) is 7.93. The van der Waals surface area contributed by atoms with Crippen LogP contribution in [0.4, 0.5) is 0 Å². The normalized spacial score (nSPS) is 15.4. The molecule has 0 saturated carbocycles. The Balaban J connectivity index is 5.70. The molecule has 0 aromatic heterocycles. The van der Waals surface area contributed by atoms with E-state index in [0.29, 0.717) is 0 Å². The van der Waals surface area contributed by atoms with Crippen LogP contribution in [0.5, 0.6) is 0 Å². The molecule has 0 atom stereocenters. The molecule has 0 aliphatic carbocycles. The molecule has 0 heterocycles. The first kappa shape index (κ1) is 22.7. The van der Waals surface area contributed by atoms with Crippen molar-refractivity contribution >= 4 is 32.3 Å². The first-order valence-electron chi connectivity index (χ1n) is 8.83. The molecule has 0 amide bonds. The number of rotatable bonds is 8. The molecule has 0 nitrogen and oxygen atoms in total. The molecule has 0 saturated heterocycles. The summed E-state index contributed by atoms with van der Waals surface area (Å²) in [6.45, 7) is 31.8. The monoisotopic (exact) mass is 528 g/mol. The van der Waals surface area contributed by atoms with Gasteiger partial charge < -0.3 is 0 Å². The van der Waals surface area contributed by atoms with Crippen molar-refractivity contribution in [1.29, 1.82) is 0 Å². The van der Waals surface area contributed by atoms with Crippen LogP contribution in [0.25, 0.3) is 0 Å². The predicted octanol–water partition coefficient (Wildman–Crippen LogP) is 7.32. The fraction of sp³-hybridized carbons (Fsp3) is 1.00. The molecule has 0 bridgehead atoms. The molecule has 0 aromatic carbocycles. The molecule has 0 N–H and O–H groups in total. The van der Waals surface area contributed by atoms with E-state index >= 15 is 0 Å². The Morgan fingerprint density at radius 2 is 0.524 bits per heavy atom. The summed E-state index contributed by atoms with van der Waals surface area (Å²) < 4.78 is 7.16. The van der Waals surface area contributed by atoms with Gasteiger partial charge in [0.15, 0.2) is 0 Å². The molecular weight excluding hydrogens is 483 g/mol. The molecule has 0 aliphatic heterocycles. The van der Waals surface area contributed by atoms with Gasteiger partial charge in [0.25, 0.3) is 0 Å². The van der Waals surface area contributed by atoms with E-state index in [-0.39, 0.29) is 0 Å². The molecule has 21 heavy (non-hydrogen) atoms. The van der Waals surface area contributed by atoms with E-state index in [1.54, 1.807) is 15.2 Å². The molecule has 0 unspecified atom stereocenters. The van der Waals surface area contributed by atoms with E-state index < -0.39 is 52.3 Å². The van der Waals surface area contributed by atoms with Crippen LogP contribution in [0.2, 0.25) is 93.8 Å². The average molecular weight is 527 g/mol. The van der Waals surface area contributed by atoms with Crippen LogP contribution in [-0.4, -0.2) is 32.3 Å². The number of hydrogen-bond acceptors (Lipinski definition) is 0. The molecule has 0 fully saturated rings. The first-order valence-corrected chi connectivity index (χ1v) is 33.8. The number of hydrogen-bond donors (Lipinski definition) is 0. The SMILES string of the molecule is C[Si](C)(C)[CH2][Hf]([CH2][Si](C)(C)C)([CH2][Si](C)(C)C)[CH2][Si](C)(C)C. The van der Waals surface area contributed by atoms with Crippen molar-refractivity contribution in [2.24, 2.45) is 0 Å². The van der Waals surface area contributed by atoms with Gasteiger partial charge in [-0.2, -0.15) is 0 Å². The van der Waals surface area contributed by atoms with Gasteiger partial charge >= 0.3 is 146 Å². The zero-order valence-corrected chi connectivity index (χ0v) is 24.9. The van der Waals surface area contributed by atoms with Crippen molar-refractivity contribution in [2.75, 3.05) is 0 Å². The second kappa shape index (κ2) is 7.32. The van der Waals surface area contributed by atoms with Gasteiger partial charge in [0.2, 0.25) is 0 Å². The Morgan fingerprint density at radius 3 is 0.619 bits per heavy atom. The van der Waals surface area contributed by atoms with Crippen molar-refractivity contribution < 1.29 is 20.0 Å². The zero-order chi connectivity index (χ0) is 17.3. The Labute approximate surface area is 145 Å². The van der Waals surface area contributed by atoms with Crippen LogP contribution in [-0.2, 0) is 20.0 Å². The summed E-state index contributed by atoms with van der Waals surface area (Å²) >= 11 is -2.16. The van der Waals surface area contributed by atoms with Crippen molar-refractivity contribution in [1.82, 2.24) is 0 Å². The van der Waals surface area contributed by atoms with Crippen molar-refractivity contribution in [3.05, 3.63) is 0 Å². The van der Waals surface area contributed by atoms with Crippen LogP contribution in [0, 0.1) is 0 Å². The average Bonchev–Trinajstić information content (AvgIpc) is 1.83. The Hall–Kier alpha value is 1.74. The summed E-state index contributed by atoms with van der Waals surface area (Å²) in [5.41, 5.74) is 0. The van der Waals surface area contributed by atoms with Crippen molar-refractivity contribution in [3.63, 3.8) is 0 Å². The topological polar surface area (TPSA) is 0 Å². The second-order valence-corrected chi connectivity index (χ2v) is 60.4. The summed E-state index contributed by atoms with van der Waals surface area (Å²) in [6.07, 6.45) is 0. The predicted molar refractivity (Wildman–Crippen MR) is 113 cm³/mol. The third kappa shape index (κ3) is 12.8. The van der Waals surface area contributed by atoms with Gasteiger partial charge in [0.05, 0.1) is 0 Å². The molecular formula is C16H44HfSi4. The first-order chi connectivity index (χ1) is 8.83. The van der Waals surface area contributed by atoms with Gasteiger partial charge in [0, 0.05) is 0 Å². The molecule has 0 aromatic rings. The molecule has 0 spiro atoms. The Bertz CT molecular complexity index is 257. The summed E-state index contributed by atoms with van der Waals surface area (Å²) in [5, 5.41) is 0.